The molecule has 0 N–H and O–H groups in total. The molecule has 4 nitrogen and oxygen atoms in total. The summed E-state index contributed by atoms with van der Waals surface area (Å²) in [6.45, 7) is 7.28. The number of hydrogen-bond donors (Lipinski definition) is 0. The molecule has 0 bridgehead atoms. The average molecular weight is 767 g/mol. The van der Waals surface area contributed by atoms with Crippen LogP contribution in [0.15, 0.2) is 68.0 Å². The molecule has 231 valence electrons. The summed E-state index contributed by atoms with van der Waals surface area (Å²) in [5.41, 5.74) is 5.54. The van der Waals surface area contributed by atoms with Crippen LogP contribution in [-0.4, -0.2) is 36.3 Å². The van der Waals surface area contributed by atoms with E-state index in [0.717, 1.165) is 47.6 Å². The van der Waals surface area contributed by atoms with Gasteiger partial charge in [-0.05, 0) is 59.4 Å². The maximum Gasteiger partial charge on any atom is 0.175 e. The summed E-state index contributed by atoms with van der Waals surface area (Å²) in [5, 5.41) is 9.53. The molecule has 4 unspecified atom stereocenters. The van der Waals surface area contributed by atoms with Gasteiger partial charge in [-0.25, -0.2) is 17.0 Å². The molecule has 0 aromatic rings. The molecule has 1 radical (unpaired) electrons. The van der Waals surface area contributed by atoms with Gasteiger partial charge in [0.15, 0.2) is 6.23 Å². The molecule has 7 rings (SSSR count). The van der Waals surface area contributed by atoms with Crippen molar-refractivity contribution in [1.29, 1.82) is 0 Å². The zero-order valence-electron chi connectivity index (χ0n) is 30.3. The van der Waals surface area contributed by atoms with Crippen LogP contribution in [-0.2, 0) is 24.8 Å². The molecule has 7 aliphatic rings. The normalized spacial score (nSPS) is 34.2. The smallest absolute Gasteiger partial charge is 0.175 e. The van der Waals surface area contributed by atoms with E-state index in [1.807, 2.05) is 33.8 Å². The van der Waals surface area contributed by atoms with Crippen LogP contribution < -0.4 is 0 Å². The van der Waals surface area contributed by atoms with Crippen LogP contribution in [0, 0.1) is 29.7 Å². The van der Waals surface area contributed by atoms with Crippen molar-refractivity contribution in [2.75, 3.05) is 13.1 Å². The van der Waals surface area contributed by atoms with Gasteiger partial charge < -0.3 is 21.1 Å². The maximum atomic E-state index is 8.88. The fourth-order valence-corrected chi connectivity index (χ4v) is 8.46. The summed E-state index contributed by atoms with van der Waals surface area (Å²) in [4.78, 5) is 5.27. The monoisotopic (exact) mass is 767 g/mol. The average Bonchev–Trinajstić information content (AvgIpc) is 3.59. The molecule has 0 aromatic heterocycles. The van der Waals surface area contributed by atoms with Crippen LogP contribution in [0.3, 0.4) is 0 Å². The number of fused-ring (bicyclic) bond motifs is 4. The Morgan fingerprint density at radius 1 is 1.26 bits per heavy atom. The summed E-state index contributed by atoms with van der Waals surface area (Å²) >= 11 is 1.62. The van der Waals surface area contributed by atoms with E-state index in [-0.39, 0.29) is 48.9 Å². The van der Waals surface area contributed by atoms with Crippen molar-refractivity contribution in [2.45, 2.75) is 110 Å². The topological polar surface area (TPSA) is 49.8 Å². The Kier molecular flexibility index (Phi) is 8.41. The van der Waals surface area contributed by atoms with Crippen LogP contribution in [0.1, 0.15) is 99.1 Å². The Morgan fingerprint density at radius 3 is 2.88 bits per heavy atom. The van der Waals surface area contributed by atoms with Gasteiger partial charge in [0.25, 0.3) is 0 Å². The van der Waals surface area contributed by atoms with Crippen molar-refractivity contribution >= 4 is 17.5 Å². The van der Waals surface area contributed by atoms with Gasteiger partial charge in [-0.1, -0.05) is 65.4 Å². The summed E-state index contributed by atoms with van der Waals surface area (Å²) in [7, 11) is 0. The third kappa shape index (κ3) is 6.93. The molecule has 0 aromatic carbocycles. The molecule has 2 aliphatic carbocycles. The van der Waals surface area contributed by atoms with Gasteiger partial charge in [-0.15, -0.1) is 49.8 Å². The van der Waals surface area contributed by atoms with E-state index in [4.69, 9.17) is 16.9 Å². The molecule has 1 fully saturated rings. The van der Waals surface area contributed by atoms with Crippen LogP contribution in [0.4, 0.5) is 0 Å². The second-order valence-electron chi connectivity index (χ2n) is 13.0. The predicted molar refractivity (Wildman–Crippen MR) is 174 cm³/mol. The van der Waals surface area contributed by atoms with Crippen LogP contribution in [0.25, 0.3) is 10.6 Å². The first-order valence-electron chi connectivity index (χ1n) is 18.0. The summed E-state index contributed by atoms with van der Waals surface area (Å²) < 4.78 is 47.3. The largest absolute Gasteiger partial charge is 0.770 e. The molecular formula is C36H47IrN3OS-4. The summed E-state index contributed by atoms with van der Waals surface area (Å²) in [6, 6.07) is -0.110. The predicted octanol–water partition coefficient (Wildman–Crippen LogP) is 9.70. The van der Waals surface area contributed by atoms with E-state index in [1.165, 1.54) is 48.9 Å². The van der Waals surface area contributed by atoms with E-state index in [2.05, 4.69) is 35.0 Å². The minimum atomic E-state index is -2.24. The SMILES string of the molecule is [2H]C([2H])([2H])C1=NC2OC3=C([C@@H]4[N-]CC=C5C(C)=C(C([2H])([2H])C(C)(C)C)SC54)[CH-]CCC3C2C=C1.[C-]1=C(C2=CCCC[N-]2)CCCC1.[Ir]. The Morgan fingerprint density at radius 2 is 2.14 bits per heavy atom. The number of thioether (sulfide) groups is 1. The van der Waals surface area contributed by atoms with Crippen molar-refractivity contribution in [3.05, 3.63) is 86.1 Å². The molecule has 0 amide bonds. The van der Waals surface area contributed by atoms with E-state index in [1.54, 1.807) is 17.8 Å². The molecule has 0 spiro atoms. The number of rotatable bonds is 3. The standard InChI is InChI=1S/C25H32N2OS.C11H15N.Ir/c1-14-9-10-18-17-7-6-8-19(22(17)28-24(18)27-14)21-23-16(11-12-26-21)15(2)20(29-23)13-25(3,4)5;1-2-6-10(7-3-1)11-8-4-5-9-12-11;/h8-11,17-18,21,23-24H,6-7,12-13H2,1-5H3;8H,1-6,9H2;/q2*-2;/t17?,18?,21-,23?,24?;;/m0../s1/i1D3,13D2;;. The third-order valence-electron chi connectivity index (χ3n) is 8.76. The van der Waals surface area contributed by atoms with Crippen LogP contribution in [0.2, 0.25) is 0 Å². The Labute approximate surface area is 279 Å². The first kappa shape index (κ1) is 25.8. The molecule has 42 heavy (non-hydrogen) atoms. The summed E-state index contributed by atoms with van der Waals surface area (Å²) in [6.07, 6.45) is 21.1. The molecule has 5 atom stereocenters. The van der Waals surface area contributed by atoms with Gasteiger partial charge >= 0.3 is 0 Å². The van der Waals surface area contributed by atoms with E-state index in [9.17, 15) is 0 Å². The van der Waals surface area contributed by atoms with Gasteiger partial charge in [0, 0.05) is 43.8 Å². The third-order valence-corrected chi connectivity index (χ3v) is 10.2. The first-order chi connectivity index (χ1) is 21.8. The number of allylic oxidation sites excluding steroid dienone is 7. The number of hydrogen-bond acceptors (Lipinski definition) is 3. The van der Waals surface area contributed by atoms with Gasteiger partial charge in [0.2, 0.25) is 0 Å². The minimum absolute atomic E-state index is 0. The molecule has 5 heterocycles. The van der Waals surface area contributed by atoms with Gasteiger partial charge in [-0.3, -0.25) is 6.08 Å². The number of nitrogens with zero attached hydrogens (tertiary/aromatic N) is 3. The van der Waals surface area contributed by atoms with Gasteiger partial charge in [-0.2, -0.15) is 11.6 Å². The Hall–Kier alpha value is -1.46. The number of dihydropyridines is 1. The van der Waals surface area contributed by atoms with Crippen LogP contribution >= 0.6 is 11.8 Å². The minimum Gasteiger partial charge on any atom is -0.770 e. The van der Waals surface area contributed by atoms with Crippen molar-refractivity contribution in [3.63, 3.8) is 0 Å². The maximum absolute atomic E-state index is 8.88. The van der Waals surface area contributed by atoms with Crippen molar-refractivity contribution in [3.8, 4) is 0 Å². The van der Waals surface area contributed by atoms with E-state index in [0.29, 0.717) is 6.54 Å². The van der Waals surface area contributed by atoms with Gasteiger partial charge in [0.1, 0.15) is 0 Å². The fraction of sp³-hybridized carbons (Fsp3) is 0.611. The molecule has 6 heteroatoms. The molecule has 5 aliphatic heterocycles. The quantitative estimate of drug-likeness (QED) is 0.269. The Bertz CT molecular complexity index is 1410. The zero-order valence-corrected chi connectivity index (χ0v) is 28.5. The van der Waals surface area contributed by atoms with Crippen molar-refractivity contribution in [1.82, 2.24) is 0 Å². The second-order valence-corrected chi connectivity index (χ2v) is 14.1. The van der Waals surface area contributed by atoms with Crippen LogP contribution in [0.5, 0.6) is 0 Å². The van der Waals surface area contributed by atoms with E-state index >= 15 is 0 Å². The fourth-order valence-electron chi connectivity index (χ4n) is 6.78. The van der Waals surface area contributed by atoms with Gasteiger partial charge in [0.05, 0.1) is 0 Å². The van der Waals surface area contributed by atoms with E-state index < -0.39 is 24.9 Å². The van der Waals surface area contributed by atoms with Crippen molar-refractivity contribution < 1.29 is 31.7 Å². The molecular weight excluding hydrogens is 715 g/mol. The molecule has 0 saturated carbocycles. The molecule has 1 saturated heterocycles. The zero-order chi connectivity index (χ0) is 32.9. The number of ether oxygens (including phenoxy) is 1. The first-order valence-corrected chi connectivity index (χ1v) is 16.4. The Balaban J connectivity index is 0.000000280. The summed E-state index contributed by atoms with van der Waals surface area (Å²) in [5.74, 6) is 1.13. The second kappa shape index (κ2) is 13.7. The number of aliphatic imine (C=N–C) groups is 1. The van der Waals surface area contributed by atoms with Crippen molar-refractivity contribution in [2.24, 2.45) is 22.2 Å².